The Morgan fingerprint density at radius 2 is 1.58 bits per heavy atom. The van der Waals surface area contributed by atoms with Crippen molar-refractivity contribution < 1.29 is 4.79 Å². The van der Waals surface area contributed by atoms with E-state index < -0.39 is 0 Å². The van der Waals surface area contributed by atoms with Crippen LogP contribution in [0.15, 0.2) is 90.7 Å². The van der Waals surface area contributed by atoms with Crippen LogP contribution >= 0.6 is 0 Å². The predicted molar refractivity (Wildman–Crippen MR) is 102 cm³/mol. The third kappa shape index (κ3) is 4.99. The molecule has 2 N–H and O–H groups in total. The number of nitrogens with one attached hydrogen (secondary N) is 2. The molecule has 0 aromatic heterocycles. The Hall–Kier alpha value is -3.07. The molecule has 3 nitrogen and oxygen atoms in total. The van der Waals surface area contributed by atoms with E-state index in [4.69, 9.17) is 0 Å². The smallest absolute Gasteiger partial charge is 0.255 e. The van der Waals surface area contributed by atoms with Gasteiger partial charge in [-0.2, -0.15) is 0 Å². The van der Waals surface area contributed by atoms with Crippen molar-refractivity contribution in [3.8, 4) is 0 Å². The normalized spacial score (nSPS) is 11.8. The van der Waals surface area contributed by atoms with E-state index in [-0.39, 0.29) is 5.91 Å². The van der Waals surface area contributed by atoms with Crippen LogP contribution in [0, 0.1) is 0 Å². The first-order chi connectivity index (χ1) is 11.6. The van der Waals surface area contributed by atoms with E-state index in [2.05, 4.69) is 17.2 Å². The second-order valence-corrected chi connectivity index (χ2v) is 5.36. The van der Waals surface area contributed by atoms with Crippen LogP contribution < -0.4 is 10.6 Å². The summed E-state index contributed by atoms with van der Waals surface area (Å²) < 4.78 is 0. The SMILES string of the molecule is C=C/C(C)=C\C(=C/C)Nc1ccc(C(=O)Nc2ccccc2)cc1. The van der Waals surface area contributed by atoms with Crippen molar-refractivity contribution in [1.82, 2.24) is 0 Å². The molecule has 0 atom stereocenters. The van der Waals surface area contributed by atoms with Crippen LogP contribution in [0.4, 0.5) is 11.4 Å². The van der Waals surface area contributed by atoms with Crippen molar-refractivity contribution in [1.29, 1.82) is 0 Å². The summed E-state index contributed by atoms with van der Waals surface area (Å²) in [6, 6.07) is 16.8. The molecule has 0 radical (unpaired) electrons. The molecule has 2 rings (SSSR count). The maximum Gasteiger partial charge on any atom is 0.255 e. The Morgan fingerprint density at radius 3 is 2.17 bits per heavy atom. The van der Waals surface area contributed by atoms with Crippen LogP contribution in [0.5, 0.6) is 0 Å². The number of benzene rings is 2. The van der Waals surface area contributed by atoms with Gasteiger partial charge < -0.3 is 10.6 Å². The first kappa shape index (κ1) is 17.3. The van der Waals surface area contributed by atoms with Crippen LogP contribution in [0.3, 0.4) is 0 Å². The van der Waals surface area contributed by atoms with Gasteiger partial charge in [-0.3, -0.25) is 4.79 Å². The first-order valence-corrected chi connectivity index (χ1v) is 7.83. The monoisotopic (exact) mass is 318 g/mol. The van der Waals surface area contributed by atoms with Gasteiger partial charge in [0.05, 0.1) is 0 Å². The highest BCUT2D eigenvalue weighted by Crippen LogP contribution is 2.15. The van der Waals surface area contributed by atoms with Crippen LogP contribution in [-0.4, -0.2) is 5.91 Å². The summed E-state index contributed by atoms with van der Waals surface area (Å²) in [4.78, 5) is 12.2. The topological polar surface area (TPSA) is 41.1 Å². The molecule has 0 heterocycles. The summed E-state index contributed by atoms with van der Waals surface area (Å²) >= 11 is 0. The summed E-state index contributed by atoms with van der Waals surface area (Å²) in [6.07, 6.45) is 5.81. The van der Waals surface area contributed by atoms with E-state index >= 15 is 0 Å². The van der Waals surface area contributed by atoms with E-state index in [1.54, 1.807) is 12.1 Å². The van der Waals surface area contributed by atoms with E-state index in [1.165, 1.54) is 0 Å². The Morgan fingerprint density at radius 1 is 0.958 bits per heavy atom. The zero-order valence-electron chi connectivity index (χ0n) is 14.0. The highest BCUT2D eigenvalue weighted by Gasteiger charge is 2.05. The number of para-hydroxylation sites is 1. The third-order valence-electron chi connectivity index (χ3n) is 3.48. The molecule has 0 bridgehead atoms. The fourth-order valence-corrected chi connectivity index (χ4v) is 2.09. The zero-order chi connectivity index (χ0) is 17.4. The van der Waals surface area contributed by atoms with Gasteiger partial charge in [0.2, 0.25) is 0 Å². The number of rotatable bonds is 6. The molecule has 2 aromatic rings. The number of carbonyl (C=O) groups is 1. The molecule has 0 aliphatic rings. The van der Waals surface area contributed by atoms with Crippen LogP contribution in [-0.2, 0) is 0 Å². The second-order valence-electron chi connectivity index (χ2n) is 5.36. The molecule has 0 spiro atoms. The number of hydrogen-bond donors (Lipinski definition) is 2. The van der Waals surface area contributed by atoms with Gasteiger partial charge in [0.1, 0.15) is 0 Å². The summed E-state index contributed by atoms with van der Waals surface area (Å²) in [5, 5.41) is 6.19. The zero-order valence-corrected chi connectivity index (χ0v) is 14.0. The molecule has 0 aliphatic heterocycles. The standard InChI is InChI=1S/C21H22N2O/c1-4-16(3)15-18(5-2)22-20-13-11-17(12-14-20)21(24)23-19-9-7-6-8-10-19/h4-15,22H,1H2,2-3H3,(H,23,24)/b16-15-,18-5+. The maximum absolute atomic E-state index is 12.2. The molecule has 1 amide bonds. The molecule has 3 heteroatoms. The molecule has 24 heavy (non-hydrogen) atoms. The molecular formula is C21H22N2O. The number of hydrogen-bond acceptors (Lipinski definition) is 2. The second kappa shape index (κ2) is 8.53. The van der Waals surface area contributed by atoms with Crippen molar-refractivity contribution in [2.45, 2.75) is 13.8 Å². The molecule has 2 aromatic carbocycles. The molecule has 0 unspecified atom stereocenters. The van der Waals surface area contributed by atoms with Crippen molar-refractivity contribution in [2.24, 2.45) is 0 Å². The number of amides is 1. The molecule has 0 aliphatic carbocycles. The van der Waals surface area contributed by atoms with Gasteiger partial charge in [-0.1, -0.05) is 36.9 Å². The average molecular weight is 318 g/mol. The van der Waals surface area contributed by atoms with Gasteiger partial charge >= 0.3 is 0 Å². The van der Waals surface area contributed by atoms with E-state index in [0.717, 1.165) is 22.6 Å². The van der Waals surface area contributed by atoms with Gasteiger partial charge in [0.15, 0.2) is 0 Å². The first-order valence-electron chi connectivity index (χ1n) is 7.83. The van der Waals surface area contributed by atoms with Crippen molar-refractivity contribution in [3.63, 3.8) is 0 Å². The highest BCUT2D eigenvalue weighted by molar-refractivity contribution is 6.04. The van der Waals surface area contributed by atoms with Gasteiger partial charge in [-0.05, 0) is 61.9 Å². The molecule has 0 fully saturated rings. The molecule has 0 saturated heterocycles. The lowest BCUT2D eigenvalue weighted by molar-refractivity contribution is 0.102. The average Bonchev–Trinajstić information content (AvgIpc) is 2.62. The summed E-state index contributed by atoms with van der Waals surface area (Å²) in [7, 11) is 0. The van der Waals surface area contributed by atoms with Crippen LogP contribution in [0.25, 0.3) is 0 Å². The fraction of sp³-hybridized carbons (Fsp3) is 0.0952. The summed E-state index contributed by atoms with van der Waals surface area (Å²) in [6.45, 7) is 7.72. The lowest BCUT2D eigenvalue weighted by atomic mass is 10.1. The quantitative estimate of drug-likeness (QED) is 0.701. The minimum Gasteiger partial charge on any atom is -0.356 e. The van der Waals surface area contributed by atoms with Gasteiger partial charge in [0.25, 0.3) is 5.91 Å². The maximum atomic E-state index is 12.2. The van der Waals surface area contributed by atoms with Crippen molar-refractivity contribution in [3.05, 3.63) is 96.2 Å². The Balaban J connectivity index is 2.05. The Labute approximate surface area is 143 Å². The number of carbonyl (C=O) groups excluding carboxylic acids is 1. The van der Waals surface area contributed by atoms with Crippen molar-refractivity contribution in [2.75, 3.05) is 10.6 Å². The van der Waals surface area contributed by atoms with Gasteiger partial charge in [0, 0.05) is 22.6 Å². The third-order valence-corrected chi connectivity index (χ3v) is 3.48. The summed E-state index contributed by atoms with van der Waals surface area (Å²) in [5.74, 6) is -0.124. The molecule has 122 valence electrons. The molecular weight excluding hydrogens is 296 g/mol. The highest BCUT2D eigenvalue weighted by atomic mass is 16.1. The Kier molecular flexibility index (Phi) is 6.15. The fourth-order valence-electron chi connectivity index (χ4n) is 2.09. The minimum absolute atomic E-state index is 0.124. The van der Waals surface area contributed by atoms with Crippen molar-refractivity contribution >= 4 is 17.3 Å². The van der Waals surface area contributed by atoms with Crippen LogP contribution in [0.2, 0.25) is 0 Å². The predicted octanol–water partition coefficient (Wildman–Crippen LogP) is 5.39. The summed E-state index contributed by atoms with van der Waals surface area (Å²) in [5.41, 5.74) is 4.38. The van der Waals surface area contributed by atoms with Gasteiger partial charge in [-0.15, -0.1) is 0 Å². The largest absolute Gasteiger partial charge is 0.356 e. The number of anilines is 2. The van der Waals surface area contributed by atoms with Gasteiger partial charge in [-0.25, -0.2) is 0 Å². The number of allylic oxidation sites excluding steroid dienone is 4. The van der Waals surface area contributed by atoms with E-state index in [1.807, 2.05) is 74.5 Å². The Bertz CT molecular complexity index is 756. The van der Waals surface area contributed by atoms with E-state index in [9.17, 15) is 4.79 Å². The lowest BCUT2D eigenvalue weighted by Gasteiger charge is -2.09. The minimum atomic E-state index is -0.124. The van der Waals surface area contributed by atoms with Crippen LogP contribution in [0.1, 0.15) is 24.2 Å². The molecule has 0 saturated carbocycles. The lowest BCUT2D eigenvalue weighted by Crippen LogP contribution is -2.11. The van der Waals surface area contributed by atoms with E-state index in [0.29, 0.717) is 5.56 Å².